The summed E-state index contributed by atoms with van der Waals surface area (Å²) in [6.07, 6.45) is 6.58. The van der Waals surface area contributed by atoms with Crippen LogP contribution in [0.2, 0.25) is 0 Å². The van der Waals surface area contributed by atoms with Crippen LogP contribution < -0.4 is 5.32 Å². The first kappa shape index (κ1) is 21.8. The Morgan fingerprint density at radius 3 is 2.72 bits per heavy atom. The molecule has 4 aromatic rings. The van der Waals surface area contributed by atoms with Crippen molar-refractivity contribution in [2.75, 3.05) is 5.32 Å². The molecule has 0 aliphatic rings. The van der Waals surface area contributed by atoms with Gasteiger partial charge >= 0.3 is 0 Å². The molecule has 2 aromatic heterocycles. The molecule has 0 aliphatic heterocycles. The Kier molecular flexibility index (Phi) is 6.14. The summed E-state index contributed by atoms with van der Waals surface area (Å²) >= 11 is 1.29. The molecule has 2 aromatic carbocycles. The predicted molar refractivity (Wildman–Crippen MR) is 126 cm³/mol. The highest BCUT2D eigenvalue weighted by molar-refractivity contribution is 7.13. The average molecular weight is 450 g/mol. The van der Waals surface area contributed by atoms with E-state index in [4.69, 9.17) is 0 Å². The number of nitrogens with one attached hydrogen (secondary N) is 1. The second-order valence-electron chi connectivity index (χ2n) is 8.13. The van der Waals surface area contributed by atoms with E-state index in [0.717, 1.165) is 22.2 Å². The largest absolute Gasteiger partial charge is 0.300 e. The predicted octanol–water partition coefficient (Wildman–Crippen LogP) is 5.73. The van der Waals surface area contributed by atoms with E-state index in [0.29, 0.717) is 11.6 Å². The molecular formula is C24H24FN5OS. The summed E-state index contributed by atoms with van der Waals surface area (Å²) in [5.74, 6) is -0.454. The van der Waals surface area contributed by atoms with Gasteiger partial charge in [0.05, 0.1) is 22.8 Å². The maximum Gasteiger partial charge on any atom is 0.232 e. The molecule has 0 saturated carbocycles. The standard InChI is InChI=1S/C24H24FN5OS/c1-4-5-6-20(24(2,3)22(31)28-23-29-26-15-32-23)16-7-12-21-17(13-16)14-27-30(21)19-10-8-18(25)9-11-19/h4-5,7-15,20H,6H2,1-3H3,(H,28,29,31). The number of anilines is 1. The van der Waals surface area contributed by atoms with E-state index >= 15 is 0 Å². The van der Waals surface area contributed by atoms with Crippen molar-refractivity contribution < 1.29 is 9.18 Å². The third kappa shape index (κ3) is 4.31. The van der Waals surface area contributed by atoms with Crippen molar-refractivity contribution in [2.45, 2.75) is 33.1 Å². The molecule has 0 saturated heterocycles. The SMILES string of the molecule is CC=CCC(c1ccc2c(cnn2-c2ccc(F)cc2)c1)C(C)(C)C(=O)Nc1nncs1. The van der Waals surface area contributed by atoms with E-state index in [1.165, 1.54) is 23.5 Å². The van der Waals surface area contributed by atoms with E-state index < -0.39 is 5.41 Å². The highest BCUT2D eigenvalue weighted by Gasteiger charge is 2.37. The van der Waals surface area contributed by atoms with Crippen LogP contribution in [0.1, 0.15) is 38.7 Å². The molecule has 0 fully saturated rings. The molecule has 164 valence electrons. The Bertz CT molecular complexity index is 1250. The third-order valence-corrected chi connectivity index (χ3v) is 6.32. The molecule has 2 heterocycles. The number of benzene rings is 2. The Labute approximate surface area is 189 Å². The second-order valence-corrected chi connectivity index (χ2v) is 8.96. The van der Waals surface area contributed by atoms with Crippen LogP contribution in [0.3, 0.4) is 0 Å². The van der Waals surface area contributed by atoms with Crippen molar-refractivity contribution in [1.82, 2.24) is 20.0 Å². The molecule has 0 radical (unpaired) electrons. The van der Waals surface area contributed by atoms with Crippen molar-refractivity contribution in [1.29, 1.82) is 0 Å². The van der Waals surface area contributed by atoms with Gasteiger partial charge in [0.25, 0.3) is 0 Å². The molecule has 8 heteroatoms. The molecule has 0 bridgehead atoms. The lowest BCUT2D eigenvalue weighted by molar-refractivity contribution is -0.125. The maximum atomic E-state index is 13.3. The molecule has 1 atom stereocenters. The lowest BCUT2D eigenvalue weighted by Crippen LogP contribution is -2.36. The first-order valence-corrected chi connectivity index (χ1v) is 11.2. The molecule has 1 amide bonds. The van der Waals surface area contributed by atoms with Gasteiger partial charge in [-0.25, -0.2) is 9.07 Å². The summed E-state index contributed by atoms with van der Waals surface area (Å²) < 4.78 is 15.1. The summed E-state index contributed by atoms with van der Waals surface area (Å²) in [4.78, 5) is 13.1. The van der Waals surface area contributed by atoms with Gasteiger partial charge < -0.3 is 5.32 Å². The van der Waals surface area contributed by atoms with Crippen molar-refractivity contribution in [2.24, 2.45) is 5.41 Å². The van der Waals surface area contributed by atoms with Crippen LogP contribution in [-0.4, -0.2) is 25.9 Å². The Balaban J connectivity index is 1.69. The summed E-state index contributed by atoms with van der Waals surface area (Å²) in [6.45, 7) is 5.87. The van der Waals surface area contributed by atoms with Crippen molar-refractivity contribution in [3.8, 4) is 5.69 Å². The molecule has 1 unspecified atom stereocenters. The quantitative estimate of drug-likeness (QED) is 0.366. The number of carbonyl (C=O) groups excluding carboxylic acids is 1. The van der Waals surface area contributed by atoms with Gasteiger partial charge in [-0.3, -0.25) is 4.79 Å². The molecule has 0 spiro atoms. The minimum atomic E-state index is -0.703. The van der Waals surface area contributed by atoms with Crippen LogP contribution in [-0.2, 0) is 4.79 Å². The van der Waals surface area contributed by atoms with Gasteiger partial charge in [0.1, 0.15) is 11.3 Å². The number of hydrogen-bond acceptors (Lipinski definition) is 5. The number of amides is 1. The van der Waals surface area contributed by atoms with Crippen LogP contribution in [0.5, 0.6) is 0 Å². The molecular weight excluding hydrogens is 425 g/mol. The van der Waals surface area contributed by atoms with E-state index in [9.17, 15) is 9.18 Å². The van der Waals surface area contributed by atoms with Crippen molar-refractivity contribution in [3.63, 3.8) is 0 Å². The van der Waals surface area contributed by atoms with Gasteiger partial charge in [-0.05, 0) is 55.3 Å². The van der Waals surface area contributed by atoms with Gasteiger partial charge in [-0.1, -0.05) is 43.4 Å². The van der Waals surface area contributed by atoms with Crippen molar-refractivity contribution >= 4 is 33.3 Å². The molecule has 1 N–H and O–H groups in total. The summed E-state index contributed by atoms with van der Waals surface area (Å²) in [7, 11) is 0. The second kappa shape index (κ2) is 9.00. The monoisotopic (exact) mass is 449 g/mol. The molecule has 6 nitrogen and oxygen atoms in total. The van der Waals surface area contributed by atoms with Gasteiger partial charge in [0, 0.05) is 11.3 Å². The van der Waals surface area contributed by atoms with Crippen LogP contribution in [0.4, 0.5) is 9.52 Å². The topological polar surface area (TPSA) is 72.7 Å². The zero-order valence-electron chi connectivity index (χ0n) is 18.1. The number of rotatable bonds is 7. The normalized spacial score (nSPS) is 13.0. The van der Waals surface area contributed by atoms with Crippen LogP contribution in [0.25, 0.3) is 16.6 Å². The Hall–Kier alpha value is -3.39. The maximum absolute atomic E-state index is 13.3. The Morgan fingerprint density at radius 2 is 2.03 bits per heavy atom. The lowest BCUT2D eigenvalue weighted by Gasteiger charge is -2.32. The lowest BCUT2D eigenvalue weighted by atomic mass is 9.72. The summed E-state index contributed by atoms with van der Waals surface area (Å²) in [5, 5.41) is 16.5. The minimum absolute atomic E-state index is 0.0646. The van der Waals surface area contributed by atoms with E-state index in [-0.39, 0.29) is 17.6 Å². The first-order valence-electron chi connectivity index (χ1n) is 10.3. The van der Waals surface area contributed by atoms with E-state index in [2.05, 4.69) is 32.8 Å². The smallest absolute Gasteiger partial charge is 0.232 e. The highest BCUT2D eigenvalue weighted by Crippen LogP contribution is 2.40. The number of nitrogens with zero attached hydrogens (tertiary/aromatic N) is 4. The van der Waals surface area contributed by atoms with Gasteiger partial charge in [0.15, 0.2) is 0 Å². The van der Waals surface area contributed by atoms with Gasteiger partial charge in [-0.15, -0.1) is 10.2 Å². The van der Waals surface area contributed by atoms with E-state index in [1.54, 1.807) is 28.5 Å². The fourth-order valence-corrected chi connectivity index (χ4v) is 4.26. The zero-order chi connectivity index (χ0) is 22.7. The summed E-state index contributed by atoms with van der Waals surface area (Å²) in [6, 6.07) is 12.4. The zero-order valence-corrected chi connectivity index (χ0v) is 18.9. The third-order valence-electron chi connectivity index (χ3n) is 5.71. The highest BCUT2D eigenvalue weighted by atomic mass is 32.1. The van der Waals surface area contributed by atoms with Crippen LogP contribution in [0, 0.1) is 11.2 Å². The first-order chi connectivity index (χ1) is 15.4. The molecule has 4 rings (SSSR count). The van der Waals surface area contributed by atoms with Crippen LogP contribution in [0.15, 0.2) is 66.3 Å². The number of fused-ring (bicyclic) bond motifs is 1. The number of allylic oxidation sites excluding steroid dienone is 2. The number of aromatic nitrogens is 4. The molecule has 0 aliphatic carbocycles. The summed E-state index contributed by atoms with van der Waals surface area (Å²) in [5.41, 5.74) is 3.64. The van der Waals surface area contributed by atoms with Crippen molar-refractivity contribution in [3.05, 3.63) is 77.7 Å². The fourth-order valence-electron chi connectivity index (χ4n) is 3.82. The van der Waals surface area contributed by atoms with Gasteiger partial charge in [0.2, 0.25) is 11.0 Å². The van der Waals surface area contributed by atoms with Gasteiger partial charge in [-0.2, -0.15) is 5.10 Å². The molecule has 32 heavy (non-hydrogen) atoms. The van der Waals surface area contributed by atoms with Crippen LogP contribution >= 0.6 is 11.3 Å². The number of hydrogen-bond donors (Lipinski definition) is 1. The van der Waals surface area contributed by atoms with E-state index in [1.807, 2.05) is 39.0 Å². The average Bonchev–Trinajstić information content (AvgIpc) is 3.44. The minimum Gasteiger partial charge on any atom is -0.300 e. The fraction of sp³-hybridized carbons (Fsp3) is 0.250. The Morgan fingerprint density at radius 1 is 1.25 bits per heavy atom. The number of carbonyl (C=O) groups is 1. The number of halogens is 1.